The summed E-state index contributed by atoms with van der Waals surface area (Å²) in [6.07, 6.45) is -3.35. The van der Waals surface area contributed by atoms with Crippen LogP contribution in [0.1, 0.15) is 22.5 Å². The standard InChI is InChI=1S/2C21H17F3N6O2/c1-11-18(30(26)16-7-6-13(8-15(16)25)21(22,23)24)19(31)29(20(32)28-11)17-10-27-9-12-4-2-3-5-14(12)17;1-11-18(30(26)16-8-13(21(22,23)24)6-7-15(16)25)19(31)29(20(32)28-11)17-10-27-9-12-4-2-3-5-14(12)17/h2*2-10H,25-26H2,1H3,(H,28,32). The van der Waals surface area contributed by atoms with Gasteiger partial charge in [0, 0.05) is 45.3 Å². The Hall–Kier alpha value is -8.24. The molecule has 8 aromatic rings. The Labute approximate surface area is 355 Å². The quantitative estimate of drug-likeness (QED) is 0.0488. The lowest BCUT2D eigenvalue weighted by Crippen LogP contribution is -2.41. The number of benzene rings is 4. The second-order valence-corrected chi connectivity index (χ2v) is 14.1. The van der Waals surface area contributed by atoms with E-state index in [1.165, 1.54) is 26.2 Å². The minimum Gasteiger partial charge on any atom is -0.397 e. The maximum absolute atomic E-state index is 13.4. The van der Waals surface area contributed by atoms with E-state index in [-0.39, 0.29) is 56.9 Å². The number of nitrogens with zero attached hydrogens (tertiary/aromatic N) is 6. The van der Waals surface area contributed by atoms with Crippen molar-refractivity contribution < 1.29 is 26.3 Å². The molecule has 64 heavy (non-hydrogen) atoms. The summed E-state index contributed by atoms with van der Waals surface area (Å²) < 4.78 is 80.2. The van der Waals surface area contributed by atoms with E-state index in [9.17, 15) is 45.5 Å². The number of nitrogens with two attached hydrogens (primary N) is 4. The van der Waals surface area contributed by atoms with Crippen molar-refractivity contribution >= 4 is 55.7 Å². The van der Waals surface area contributed by atoms with E-state index in [0.717, 1.165) is 55.6 Å². The van der Waals surface area contributed by atoms with Crippen molar-refractivity contribution in [3.63, 3.8) is 0 Å². The molecule has 0 saturated carbocycles. The number of aryl methyl sites for hydroxylation is 2. The smallest absolute Gasteiger partial charge is 0.397 e. The average molecular weight is 885 g/mol. The minimum atomic E-state index is -4.64. The molecule has 0 atom stereocenters. The largest absolute Gasteiger partial charge is 0.416 e. The van der Waals surface area contributed by atoms with Crippen molar-refractivity contribution in [3.05, 3.63) is 174 Å². The van der Waals surface area contributed by atoms with Crippen LogP contribution in [0, 0.1) is 13.8 Å². The number of aromatic amines is 2. The first kappa shape index (κ1) is 43.8. The predicted octanol–water partition coefficient (Wildman–Crippen LogP) is 5.99. The summed E-state index contributed by atoms with van der Waals surface area (Å²) in [5, 5.41) is 4.17. The number of nitrogen functional groups attached to an aromatic ring is 2. The van der Waals surface area contributed by atoms with E-state index in [2.05, 4.69) is 19.9 Å². The number of fused-ring (bicyclic) bond motifs is 2. The molecule has 16 nitrogen and oxygen atoms in total. The van der Waals surface area contributed by atoms with Crippen molar-refractivity contribution in [1.82, 2.24) is 29.1 Å². The van der Waals surface area contributed by atoms with Crippen LogP contribution < -0.4 is 55.7 Å². The van der Waals surface area contributed by atoms with Crippen LogP contribution in [0.4, 0.5) is 60.5 Å². The topological polar surface area (TPSA) is 246 Å². The van der Waals surface area contributed by atoms with E-state index in [1.54, 1.807) is 60.9 Å². The number of nitrogens with one attached hydrogen (secondary N) is 2. The zero-order valence-corrected chi connectivity index (χ0v) is 33.3. The third-order valence-electron chi connectivity index (χ3n) is 10.0. The molecule has 4 heterocycles. The minimum absolute atomic E-state index is 0.0344. The molecule has 10 N–H and O–H groups in total. The molecule has 0 bridgehead atoms. The maximum atomic E-state index is 13.4. The Balaban J connectivity index is 0.000000191. The molecule has 0 radical (unpaired) electrons. The van der Waals surface area contributed by atoms with Crippen LogP contribution in [0.3, 0.4) is 0 Å². The third kappa shape index (κ3) is 8.12. The number of anilines is 6. The molecular weight excluding hydrogens is 851 g/mol. The lowest BCUT2D eigenvalue weighted by Gasteiger charge is -2.23. The molecule has 0 aliphatic carbocycles. The van der Waals surface area contributed by atoms with Crippen molar-refractivity contribution in [2.75, 3.05) is 21.5 Å². The molecule has 4 aromatic carbocycles. The first-order chi connectivity index (χ1) is 30.2. The van der Waals surface area contributed by atoms with Gasteiger partial charge in [-0.05, 0) is 50.2 Å². The average Bonchev–Trinajstić information content (AvgIpc) is 3.23. The van der Waals surface area contributed by atoms with Gasteiger partial charge in [-0.3, -0.25) is 29.6 Å². The number of pyridine rings is 2. The van der Waals surface area contributed by atoms with E-state index in [1.807, 2.05) is 0 Å². The summed E-state index contributed by atoms with van der Waals surface area (Å²) in [5.41, 5.74) is 6.15. The number of rotatable bonds is 6. The van der Waals surface area contributed by atoms with Crippen molar-refractivity contribution in [2.24, 2.45) is 11.7 Å². The Kier molecular flexibility index (Phi) is 11.3. The molecule has 328 valence electrons. The highest BCUT2D eigenvalue weighted by Gasteiger charge is 2.33. The van der Waals surface area contributed by atoms with Crippen molar-refractivity contribution in [1.29, 1.82) is 0 Å². The molecule has 4 aromatic heterocycles. The molecule has 0 spiro atoms. The number of halogens is 6. The van der Waals surface area contributed by atoms with Crippen LogP contribution in [-0.2, 0) is 12.4 Å². The number of alkyl halides is 6. The highest BCUT2D eigenvalue weighted by Crippen LogP contribution is 2.37. The van der Waals surface area contributed by atoms with E-state index in [4.69, 9.17) is 23.2 Å². The van der Waals surface area contributed by atoms with Crippen LogP contribution in [-0.4, -0.2) is 29.1 Å². The summed E-state index contributed by atoms with van der Waals surface area (Å²) in [4.78, 5) is 65.4. The van der Waals surface area contributed by atoms with Gasteiger partial charge in [-0.25, -0.2) is 30.4 Å². The van der Waals surface area contributed by atoms with Gasteiger partial charge >= 0.3 is 23.7 Å². The molecule has 0 fully saturated rings. The SMILES string of the molecule is Cc1[nH]c(=O)n(-c2cncc3ccccc23)c(=O)c1N(N)c1cc(C(F)(F)F)ccc1N.Cc1[nH]c(=O)n(-c2cncc3ccccc23)c(=O)c1N(N)c1ccc(C(F)(F)F)cc1N. The second kappa shape index (κ2) is 16.6. The summed E-state index contributed by atoms with van der Waals surface area (Å²) in [5.74, 6) is 12.2. The van der Waals surface area contributed by atoms with E-state index >= 15 is 0 Å². The van der Waals surface area contributed by atoms with Gasteiger partial charge in [0.05, 0.1) is 57.6 Å². The molecule has 0 unspecified atom stereocenters. The molecule has 0 saturated heterocycles. The highest BCUT2D eigenvalue weighted by atomic mass is 19.4. The number of hydrazine groups is 2. The summed E-state index contributed by atoms with van der Waals surface area (Å²) in [6, 6.07) is 19.2. The predicted molar refractivity (Wildman–Crippen MR) is 230 cm³/mol. The zero-order valence-electron chi connectivity index (χ0n) is 33.3. The Morgan fingerprint density at radius 1 is 0.547 bits per heavy atom. The molecular formula is C42H34F6N12O4. The molecule has 8 rings (SSSR count). The number of H-pyrrole nitrogens is 2. The number of aromatic nitrogens is 6. The van der Waals surface area contributed by atoms with E-state index in [0.29, 0.717) is 21.5 Å². The van der Waals surface area contributed by atoms with Crippen LogP contribution in [0.15, 0.2) is 129 Å². The first-order valence-corrected chi connectivity index (χ1v) is 18.6. The van der Waals surface area contributed by atoms with Crippen LogP contribution in [0.5, 0.6) is 0 Å². The maximum Gasteiger partial charge on any atom is 0.416 e. The van der Waals surface area contributed by atoms with Gasteiger partial charge in [-0.15, -0.1) is 0 Å². The van der Waals surface area contributed by atoms with E-state index < -0.39 is 46.0 Å². The fourth-order valence-corrected chi connectivity index (χ4v) is 6.95. The molecule has 22 heteroatoms. The van der Waals surface area contributed by atoms with Gasteiger partial charge in [0.2, 0.25) is 0 Å². The Morgan fingerprint density at radius 2 is 0.969 bits per heavy atom. The van der Waals surface area contributed by atoms with Gasteiger partial charge in [-0.1, -0.05) is 48.5 Å². The number of hydrogen-bond acceptors (Lipinski definition) is 12. The molecule has 0 aliphatic rings. The Morgan fingerprint density at radius 3 is 1.42 bits per heavy atom. The van der Waals surface area contributed by atoms with Crippen LogP contribution >= 0.6 is 0 Å². The Bertz CT molecular complexity index is 3350. The molecule has 0 amide bonds. The first-order valence-electron chi connectivity index (χ1n) is 18.6. The summed E-state index contributed by atoms with van der Waals surface area (Å²) in [7, 11) is 0. The second-order valence-electron chi connectivity index (χ2n) is 14.1. The van der Waals surface area contributed by atoms with Gasteiger partial charge in [0.25, 0.3) is 11.1 Å². The lowest BCUT2D eigenvalue weighted by atomic mass is 10.1. The fraction of sp³-hybridized carbons (Fsp3) is 0.0952. The monoisotopic (exact) mass is 884 g/mol. The van der Waals surface area contributed by atoms with Crippen molar-refractivity contribution in [2.45, 2.75) is 26.2 Å². The van der Waals surface area contributed by atoms with Gasteiger partial charge < -0.3 is 21.4 Å². The van der Waals surface area contributed by atoms with Gasteiger partial charge in [0.15, 0.2) is 0 Å². The summed E-state index contributed by atoms with van der Waals surface area (Å²) >= 11 is 0. The summed E-state index contributed by atoms with van der Waals surface area (Å²) in [6.45, 7) is 2.86. The van der Waals surface area contributed by atoms with Crippen LogP contribution in [0.25, 0.3) is 32.9 Å². The van der Waals surface area contributed by atoms with Gasteiger partial charge in [-0.2, -0.15) is 26.3 Å². The normalized spacial score (nSPS) is 11.7. The van der Waals surface area contributed by atoms with Crippen molar-refractivity contribution in [3.8, 4) is 11.4 Å². The van der Waals surface area contributed by atoms with Crippen LogP contribution in [0.2, 0.25) is 0 Å². The fourth-order valence-electron chi connectivity index (χ4n) is 6.95. The lowest BCUT2D eigenvalue weighted by molar-refractivity contribution is -0.138. The molecule has 0 aliphatic heterocycles. The zero-order chi connectivity index (χ0) is 46.4. The number of hydrogen-bond donors (Lipinski definition) is 6. The highest BCUT2D eigenvalue weighted by molar-refractivity contribution is 5.90. The third-order valence-corrected chi connectivity index (χ3v) is 10.0. The van der Waals surface area contributed by atoms with Gasteiger partial charge in [0.1, 0.15) is 11.4 Å².